The molecule has 0 aromatic carbocycles. The highest BCUT2D eigenvalue weighted by atomic mass is 19.1. The minimum absolute atomic E-state index is 0.542. The standard InChI is InChI=1S/C8H14FNO5/c1-3(12)10-5-7(14)6(13)4(2-11)15-8(5)9/h4-8,11,13-14H,2H2,1H3,(H,10,12)/t4-,5-,6+,7-,8-/m1/s1. The van der Waals surface area contributed by atoms with E-state index in [-0.39, 0.29) is 0 Å². The Morgan fingerprint density at radius 2 is 2.07 bits per heavy atom. The van der Waals surface area contributed by atoms with Crippen molar-refractivity contribution in [2.24, 2.45) is 0 Å². The lowest BCUT2D eigenvalue weighted by atomic mass is 9.97. The monoisotopic (exact) mass is 223 g/mol. The second-order valence-corrected chi connectivity index (χ2v) is 3.42. The van der Waals surface area contributed by atoms with E-state index in [4.69, 9.17) is 5.11 Å². The average molecular weight is 223 g/mol. The van der Waals surface area contributed by atoms with Gasteiger partial charge in [0.05, 0.1) is 6.61 Å². The van der Waals surface area contributed by atoms with Gasteiger partial charge in [0.25, 0.3) is 0 Å². The van der Waals surface area contributed by atoms with Crippen molar-refractivity contribution in [3.8, 4) is 0 Å². The molecule has 5 atom stereocenters. The van der Waals surface area contributed by atoms with Gasteiger partial charge in [-0.25, -0.2) is 4.39 Å². The summed E-state index contributed by atoms with van der Waals surface area (Å²) in [5.74, 6) is -0.542. The number of ether oxygens (including phenoxy) is 1. The van der Waals surface area contributed by atoms with Gasteiger partial charge in [0.2, 0.25) is 12.3 Å². The lowest BCUT2D eigenvalue weighted by Gasteiger charge is -2.39. The molecule has 1 rings (SSSR count). The molecular weight excluding hydrogens is 209 g/mol. The molecule has 88 valence electrons. The molecule has 1 amide bonds. The van der Waals surface area contributed by atoms with E-state index in [1.165, 1.54) is 0 Å². The summed E-state index contributed by atoms with van der Waals surface area (Å²) in [6.07, 6.45) is -6.07. The number of aliphatic hydroxyl groups is 3. The molecule has 0 saturated carbocycles. The van der Waals surface area contributed by atoms with Crippen LogP contribution in [-0.4, -0.2) is 58.5 Å². The first kappa shape index (κ1) is 12.3. The normalized spacial score (nSPS) is 41.3. The summed E-state index contributed by atoms with van der Waals surface area (Å²) in [5, 5.41) is 29.7. The minimum atomic E-state index is -1.95. The number of hydrogen-bond acceptors (Lipinski definition) is 5. The van der Waals surface area contributed by atoms with E-state index in [2.05, 4.69) is 10.1 Å². The van der Waals surface area contributed by atoms with E-state index < -0.39 is 43.2 Å². The van der Waals surface area contributed by atoms with Gasteiger partial charge in [-0.05, 0) is 0 Å². The lowest BCUT2D eigenvalue weighted by Crippen LogP contribution is -2.62. The van der Waals surface area contributed by atoms with E-state index >= 15 is 0 Å². The molecule has 0 unspecified atom stereocenters. The molecule has 1 aliphatic rings. The summed E-state index contributed by atoms with van der Waals surface area (Å²) in [4.78, 5) is 10.7. The molecular formula is C8H14FNO5. The Balaban J connectivity index is 2.70. The third kappa shape index (κ3) is 2.63. The first-order valence-corrected chi connectivity index (χ1v) is 4.51. The van der Waals surface area contributed by atoms with Crippen molar-refractivity contribution in [2.45, 2.75) is 37.6 Å². The molecule has 1 aliphatic heterocycles. The number of nitrogens with one attached hydrogen (secondary N) is 1. The van der Waals surface area contributed by atoms with Crippen LogP contribution >= 0.6 is 0 Å². The Morgan fingerprint density at radius 1 is 1.47 bits per heavy atom. The Kier molecular flexibility index (Phi) is 3.97. The third-order valence-corrected chi connectivity index (χ3v) is 2.24. The quantitative estimate of drug-likeness (QED) is 0.430. The van der Waals surface area contributed by atoms with Crippen molar-refractivity contribution in [1.82, 2.24) is 5.32 Å². The van der Waals surface area contributed by atoms with Crippen LogP contribution in [0.2, 0.25) is 0 Å². The highest BCUT2D eigenvalue weighted by molar-refractivity contribution is 5.73. The van der Waals surface area contributed by atoms with E-state index in [0.717, 1.165) is 6.92 Å². The van der Waals surface area contributed by atoms with E-state index in [0.29, 0.717) is 0 Å². The van der Waals surface area contributed by atoms with Crippen molar-refractivity contribution in [3.05, 3.63) is 0 Å². The molecule has 0 bridgehead atoms. The van der Waals surface area contributed by atoms with Gasteiger partial charge in [-0.2, -0.15) is 0 Å². The molecule has 4 N–H and O–H groups in total. The maximum atomic E-state index is 13.3. The molecule has 0 radical (unpaired) electrons. The summed E-state index contributed by atoms with van der Waals surface area (Å²) < 4.78 is 17.8. The number of amides is 1. The lowest BCUT2D eigenvalue weighted by molar-refractivity contribution is -0.228. The molecule has 1 fully saturated rings. The zero-order valence-electron chi connectivity index (χ0n) is 8.13. The topological polar surface area (TPSA) is 99.0 Å². The Hall–Kier alpha value is -0.760. The molecule has 6 nitrogen and oxygen atoms in total. The molecule has 15 heavy (non-hydrogen) atoms. The van der Waals surface area contributed by atoms with Gasteiger partial charge in [0, 0.05) is 6.92 Å². The van der Waals surface area contributed by atoms with Crippen molar-refractivity contribution in [2.75, 3.05) is 6.61 Å². The second kappa shape index (κ2) is 4.84. The number of rotatable bonds is 2. The number of hydrogen-bond donors (Lipinski definition) is 4. The first-order chi connectivity index (χ1) is 6.97. The summed E-state index contributed by atoms with van der Waals surface area (Å²) >= 11 is 0. The number of carbonyl (C=O) groups excluding carboxylic acids is 1. The van der Waals surface area contributed by atoms with E-state index in [9.17, 15) is 19.4 Å². The number of halogens is 1. The molecule has 7 heteroatoms. The second-order valence-electron chi connectivity index (χ2n) is 3.42. The van der Waals surface area contributed by atoms with Crippen molar-refractivity contribution >= 4 is 5.91 Å². The molecule has 0 aliphatic carbocycles. The molecule has 1 saturated heterocycles. The largest absolute Gasteiger partial charge is 0.394 e. The van der Waals surface area contributed by atoms with Crippen LogP contribution in [0.25, 0.3) is 0 Å². The molecule has 1 heterocycles. The van der Waals surface area contributed by atoms with Gasteiger partial charge in [-0.3, -0.25) is 4.79 Å². The number of carbonyl (C=O) groups is 1. The van der Waals surface area contributed by atoms with Crippen LogP contribution in [0.3, 0.4) is 0 Å². The SMILES string of the molecule is CC(=O)N[C@@H]1[C@@H](O)[C@@H](O)[C@@H](CO)O[C@H]1F. The van der Waals surface area contributed by atoms with Gasteiger partial charge >= 0.3 is 0 Å². The van der Waals surface area contributed by atoms with Crippen LogP contribution in [0.1, 0.15) is 6.92 Å². The van der Waals surface area contributed by atoms with Crippen molar-refractivity contribution in [3.63, 3.8) is 0 Å². The number of aliphatic hydroxyl groups excluding tert-OH is 3. The van der Waals surface area contributed by atoms with Gasteiger partial charge in [0.15, 0.2) is 0 Å². The van der Waals surface area contributed by atoms with Gasteiger partial charge < -0.3 is 25.4 Å². The van der Waals surface area contributed by atoms with E-state index in [1.807, 2.05) is 0 Å². The zero-order chi connectivity index (χ0) is 11.6. The van der Waals surface area contributed by atoms with Crippen molar-refractivity contribution < 1.29 is 29.2 Å². The highest BCUT2D eigenvalue weighted by Crippen LogP contribution is 2.21. The molecule has 0 aromatic rings. The Bertz CT molecular complexity index is 239. The van der Waals surface area contributed by atoms with Crippen LogP contribution in [-0.2, 0) is 9.53 Å². The maximum absolute atomic E-state index is 13.3. The maximum Gasteiger partial charge on any atom is 0.222 e. The van der Waals surface area contributed by atoms with Crippen LogP contribution < -0.4 is 5.32 Å². The van der Waals surface area contributed by atoms with Gasteiger partial charge in [-0.15, -0.1) is 0 Å². The number of alkyl halides is 1. The predicted octanol–water partition coefficient (Wildman–Crippen LogP) is -2.10. The van der Waals surface area contributed by atoms with Gasteiger partial charge in [0.1, 0.15) is 24.4 Å². The summed E-state index contributed by atoms with van der Waals surface area (Å²) in [5.41, 5.74) is 0. The minimum Gasteiger partial charge on any atom is -0.394 e. The third-order valence-electron chi connectivity index (χ3n) is 2.24. The highest BCUT2D eigenvalue weighted by Gasteiger charge is 2.44. The molecule has 0 aromatic heterocycles. The zero-order valence-corrected chi connectivity index (χ0v) is 8.13. The van der Waals surface area contributed by atoms with Crippen LogP contribution in [0.5, 0.6) is 0 Å². The summed E-state index contributed by atoms with van der Waals surface area (Å²) in [6, 6.07) is -1.32. The van der Waals surface area contributed by atoms with Crippen LogP contribution in [0.15, 0.2) is 0 Å². The average Bonchev–Trinajstić information content (AvgIpc) is 2.18. The van der Waals surface area contributed by atoms with Crippen LogP contribution in [0.4, 0.5) is 4.39 Å². The van der Waals surface area contributed by atoms with Crippen molar-refractivity contribution in [1.29, 1.82) is 0 Å². The Morgan fingerprint density at radius 3 is 2.53 bits per heavy atom. The molecule has 0 spiro atoms. The Labute approximate surface area is 85.7 Å². The fourth-order valence-electron chi connectivity index (χ4n) is 1.46. The van der Waals surface area contributed by atoms with Gasteiger partial charge in [-0.1, -0.05) is 0 Å². The summed E-state index contributed by atoms with van der Waals surface area (Å²) in [6.45, 7) is 0.551. The first-order valence-electron chi connectivity index (χ1n) is 4.51. The predicted molar refractivity (Wildman–Crippen MR) is 46.5 cm³/mol. The smallest absolute Gasteiger partial charge is 0.222 e. The fraction of sp³-hybridized carbons (Fsp3) is 0.875. The fourth-order valence-corrected chi connectivity index (χ4v) is 1.46. The van der Waals surface area contributed by atoms with Crippen LogP contribution in [0, 0.1) is 0 Å². The van der Waals surface area contributed by atoms with E-state index in [1.54, 1.807) is 0 Å². The summed E-state index contributed by atoms with van der Waals surface area (Å²) in [7, 11) is 0.